The lowest BCUT2D eigenvalue weighted by Gasteiger charge is -2.24. The van der Waals surface area contributed by atoms with Gasteiger partial charge in [-0.05, 0) is 52.6 Å². The first-order chi connectivity index (χ1) is 18.5. The SMILES string of the molecule is COC(=O)[C@H](Cc1ccc(B(O)O)cc1)NC(=O)[C@H](Cc1cn(C(=O)OC(C)(C)C)cn1)NC(=O)OC(C)(C)C. The minimum absolute atomic E-state index is 0.0205. The van der Waals surface area contributed by atoms with Gasteiger partial charge < -0.3 is 34.9 Å². The zero-order valence-corrected chi connectivity index (χ0v) is 23.8. The number of carbonyl (C=O) groups is 4. The third kappa shape index (κ3) is 10.7. The van der Waals surface area contributed by atoms with E-state index in [1.165, 1.54) is 31.8 Å². The van der Waals surface area contributed by atoms with Crippen LogP contribution < -0.4 is 16.1 Å². The van der Waals surface area contributed by atoms with Crippen molar-refractivity contribution in [2.45, 2.75) is 77.7 Å². The molecule has 14 heteroatoms. The van der Waals surface area contributed by atoms with Crippen LogP contribution in [0.2, 0.25) is 0 Å². The molecule has 2 rings (SSSR count). The van der Waals surface area contributed by atoms with Crippen LogP contribution in [-0.4, -0.2) is 81.2 Å². The summed E-state index contributed by atoms with van der Waals surface area (Å²) in [5, 5.41) is 23.7. The number of hydrogen-bond acceptors (Lipinski definition) is 10. The maximum Gasteiger partial charge on any atom is 0.488 e. The Morgan fingerprint density at radius 2 is 1.52 bits per heavy atom. The third-order valence-electron chi connectivity index (χ3n) is 5.18. The zero-order chi connectivity index (χ0) is 30.3. The van der Waals surface area contributed by atoms with Crippen molar-refractivity contribution in [3.8, 4) is 0 Å². The molecule has 0 aliphatic carbocycles. The highest BCUT2D eigenvalue weighted by Crippen LogP contribution is 2.12. The van der Waals surface area contributed by atoms with Crippen LogP contribution in [0.15, 0.2) is 36.8 Å². The van der Waals surface area contributed by atoms with Gasteiger partial charge in [-0.3, -0.25) is 4.79 Å². The summed E-state index contributed by atoms with van der Waals surface area (Å²) in [6.45, 7) is 10.2. The zero-order valence-electron chi connectivity index (χ0n) is 23.8. The third-order valence-corrected chi connectivity index (χ3v) is 5.18. The molecule has 1 heterocycles. The topological polar surface area (TPSA) is 178 Å². The first-order valence-electron chi connectivity index (χ1n) is 12.6. The number of alkyl carbamates (subject to hydrolysis) is 1. The van der Waals surface area contributed by atoms with Crippen LogP contribution in [0.25, 0.3) is 0 Å². The van der Waals surface area contributed by atoms with Gasteiger partial charge in [0.05, 0.1) is 12.8 Å². The minimum atomic E-state index is -1.65. The van der Waals surface area contributed by atoms with Gasteiger partial charge >= 0.3 is 25.3 Å². The van der Waals surface area contributed by atoms with Crippen LogP contribution in [0, 0.1) is 0 Å². The van der Waals surface area contributed by atoms with E-state index in [9.17, 15) is 29.2 Å². The van der Waals surface area contributed by atoms with Crippen LogP contribution in [-0.2, 0) is 36.6 Å². The summed E-state index contributed by atoms with van der Waals surface area (Å²) < 4.78 is 16.6. The molecule has 2 aromatic rings. The van der Waals surface area contributed by atoms with Crippen molar-refractivity contribution in [2.24, 2.45) is 0 Å². The number of amides is 2. The van der Waals surface area contributed by atoms with Gasteiger partial charge in [0.25, 0.3) is 0 Å². The summed E-state index contributed by atoms with van der Waals surface area (Å²) >= 11 is 0. The molecule has 0 unspecified atom stereocenters. The van der Waals surface area contributed by atoms with E-state index in [0.29, 0.717) is 5.56 Å². The Labute approximate surface area is 233 Å². The smallest absolute Gasteiger partial charge is 0.467 e. The molecule has 1 aromatic heterocycles. The second kappa shape index (κ2) is 13.4. The molecule has 13 nitrogen and oxygen atoms in total. The van der Waals surface area contributed by atoms with Crippen molar-refractivity contribution < 1.29 is 43.4 Å². The van der Waals surface area contributed by atoms with E-state index >= 15 is 0 Å². The quantitative estimate of drug-likeness (QED) is 0.194. The number of esters is 1. The van der Waals surface area contributed by atoms with E-state index in [2.05, 4.69) is 15.6 Å². The van der Waals surface area contributed by atoms with Crippen molar-refractivity contribution in [3.63, 3.8) is 0 Å². The number of nitrogens with one attached hydrogen (secondary N) is 2. The van der Waals surface area contributed by atoms with Gasteiger partial charge in [-0.25, -0.2) is 23.9 Å². The Kier molecular flexibility index (Phi) is 10.9. The lowest BCUT2D eigenvalue weighted by Crippen LogP contribution is -2.54. The highest BCUT2D eigenvalue weighted by Gasteiger charge is 2.30. The Morgan fingerprint density at radius 1 is 0.925 bits per heavy atom. The summed E-state index contributed by atoms with van der Waals surface area (Å²) in [5.74, 6) is -1.46. The van der Waals surface area contributed by atoms with Gasteiger partial charge in [0.2, 0.25) is 5.91 Å². The standard InChI is InChI=1S/C26H37BN4O9/c1-25(2,3)39-23(34)30-19(13-18-14-31(15-28-18)24(35)40-26(4,5)6)21(32)29-20(22(33)38-7)12-16-8-10-17(11-9-16)27(36)37/h8-11,14-15,19-20,36-37H,12-13H2,1-7H3,(H,29,32)(H,30,34)/t19-,20-/m0/s1. The van der Waals surface area contributed by atoms with Gasteiger partial charge in [-0.2, -0.15) is 0 Å². The number of imidazole rings is 1. The van der Waals surface area contributed by atoms with Gasteiger partial charge in [-0.15, -0.1) is 0 Å². The van der Waals surface area contributed by atoms with E-state index in [-0.39, 0.29) is 24.0 Å². The molecular formula is C26H37BN4O9. The fourth-order valence-electron chi connectivity index (χ4n) is 3.42. The van der Waals surface area contributed by atoms with Crippen LogP contribution in [0.4, 0.5) is 9.59 Å². The van der Waals surface area contributed by atoms with Crippen LogP contribution in [0.5, 0.6) is 0 Å². The number of ether oxygens (including phenoxy) is 3. The normalized spacial score (nSPS) is 13.0. The highest BCUT2D eigenvalue weighted by atomic mass is 16.6. The van der Waals surface area contributed by atoms with Crippen LogP contribution in [0.3, 0.4) is 0 Å². The lowest BCUT2D eigenvalue weighted by atomic mass is 9.80. The predicted octanol–water partition coefficient (Wildman–Crippen LogP) is 0.682. The number of methoxy groups -OCH3 is 1. The van der Waals surface area contributed by atoms with E-state index in [1.807, 2.05) is 0 Å². The molecule has 0 saturated heterocycles. The second-order valence-corrected chi connectivity index (χ2v) is 11.1. The highest BCUT2D eigenvalue weighted by molar-refractivity contribution is 6.58. The predicted molar refractivity (Wildman–Crippen MR) is 145 cm³/mol. The first-order valence-corrected chi connectivity index (χ1v) is 12.6. The van der Waals surface area contributed by atoms with E-state index < -0.39 is 54.5 Å². The molecule has 40 heavy (non-hydrogen) atoms. The van der Waals surface area contributed by atoms with Crippen molar-refractivity contribution in [1.82, 2.24) is 20.2 Å². The molecule has 0 bridgehead atoms. The van der Waals surface area contributed by atoms with Crippen molar-refractivity contribution in [3.05, 3.63) is 48.0 Å². The fraction of sp³-hybridized carbons (Fsp3) is 0.500. The molecule has 0 fully saturated rings. The molecule has 0 radical (unpaired) electrons. The largest absolute Gasteiger partial charge is 0.488 e. The summed E-state index contributed by atoms with van der Waals surface area (Å²) in [5.41, 5.74) is -0.423. The fourth-order valence-corrected chi connectivity index (χ4v) is 3.42. The molecule has 2 atom stereocenters. The van der Waals surface area contributed by atoms with E-state index in [0.717, 1.165) is 4.57 Å². The average molecular weight is 560 g/mol. The Balaban J connectivity index is 2.26. The minimum Gasteiger partial charge on any atom is -0.467 e. The number of rotatable bonds is 9. The molecule has 1 aromatic carbocycles. The number of nitrogens with zero attached hydrogens (tertiary/aromatic N) is 2. The van der Waals surface area contributed by atoms with E-state index in [1.54, 1.807) is 53.7 Å². The number of hydrogen-bond donors (Lipinski definition) is 4. The lowest BCUT2D eigenvalue weighted by molar-refractivity contribution is -0.145. The van der Waals surface area contributed by atoms with Crippen molar-refractivity contribution in [2.75, 3.05) is 7.11 Å². The number of benzene rings is 1. The molecule has 218 valence electrons. The molecule has 0 spiro atoms. The van der Waals surface area contributed by atoms with Gasteiger partial charge in [0, 0.05) is 19.0 Å². The maximum atomic E-state index is 13.4. The summed E-state index contributed by atoms with van der Waals surface area (Å²) in [6.07, 6.45) is 0.950. The number of aromatic nitrogens is 2. The molecule has 2 amide bonds. The molecular weight excluding hydrogens is 523 g/mol. The van der Waals surface area contributed by atoms with E-state index in [4.69, 9.17) is 14.2 Å². The Hall–Kier alpha value is -3.91. The first kappa shape index (κ1) is 32.3. The van der Waals surface area contributed by atoms with Gasteiger partial charge in [0.1, 0.15) is 29.6 Å². The number of carbonyl (C=O) groups excluding carboxylic acids is 4. The summed E-state index contributed by atoms with van der Waals surface area (Å²) in [6, 6.07) is 3.74. The molecule has 0 saturated carbocycles. The maximum absolute atomic E-state index is 13.4. The average Bonchev–Trinajstić information content (AvgIpc) is 3.29. The summed E-state index contributed by atoms with van der Waals surface area (Å²) in [7, 11) is -0.476. The molecule has 4 N–H and O–H groups in total. The molecule has 0 aliphatic rings. The molecule has 0 aliphatic heterocycles. The van der Waals surface area contributed by atoms with Crippen LogP contribution >= 0.6 is 0 Å². The van der Waals surface area contributed by atoms with Crippen molar-refractivity contribution in [1.29, 1.82) is 0 Å². The summed E-state index contributed by atoms with van der Waals surface area (Å²) in [4.78, 5) is 54.9. The second-order valence-electron chi connectivity index (χ2n) is 11.1. The van der Waals surface area contributed by atoms with Gasteiger partial charge in [0.15, 0.2) is 0 Å². The van der Waals surface area contributed by atoms with Crippen molar-refractivity contribution >= 4 is 36.6 Å². The Morgan fingerprint density at radius 3 is 2.05 bits per heavy atom. The van der Waals surface area contributed by atoms with Gasteiger partial charge in [-0.1, -0.05) is 24.3 Å². The monoisotopic (exact) mass is 560 g/mol. The van der Waals surface area contributed by atoms with Crippen LogP contribution in [0.1, 0.15) is 52.8 Å². The Bertz CT molecular complexity index is 1180.